The van der Waals surface area contributed by atoms with E-state index >= 15 is 0 Å². The fourth-order valence-electron chi connectivity index (χ4n) is 1.34. The Morgan fingerprint density at radius 1 is 1.40 bits per heavy atom. The smallest absolute Gasteiger partial charge is 0.124 e. The molecule has 3 heteroatoms. The van der Waals surface area contributed by atoms with E-state index in [-0.39, 0.29) is 5.82 Å². The lowest BCUT2D eigenvalue weighted by molar-refractivity contribution is 0.554. The van der Waals surface area contributed by atoms with E-state index in [0.717, 1.165) is 25.1 Å². The van der Waals surface area contributed by atoms with Crippen LogP contribution in [0.2, 0.25) is 5.02 Å². The van der Waals surface area contributed by atoms with Crippen LogP contribution in [0.25, 0.3) is 0 Å². The SMILES string of the molecule is CC(C)CNCCc1ccc(F)cc1Cl. The summed E-state index contributed by atoms with van der Waals surface area (Å²) in [6.45, 7) is 6.21. The second kappa shape index (κ2) is 6.09. The molecule has 0 unspecified atom stereocenters. The second-order valence-corrected chi connectivity index (χ2v) is 4.49. The van der Waals surface area contributed by atoms with Gasteiger partial charge >= 0.3 is 0 Å². The lowest BCUT2D eigenvalue weighted by Crippen LogP contribution is -2.22. The van der Waals surface area contributed by atoms with Gasteiger partial charge in [0.15, 0.2) is 0 Å². The predicted molar refractivity (Wildman–Crippen MR) is 62.8 cm³/mol. The Bertz CT molecular complexity index is 312. The maximum absolute atomic E-state index is 12.7. The summed E-state index contributed by atoms with van der Waals surface area (Å²) in [6, 6.07) is 4.55. The lowest BCUT2D eigenvalue weighted by Gasteiger charge is -2.08. The first-order valence-electron chi connectivity index (χ1n) is 5.24. The van der Waals surface area contributed by atoms with E-state index in [1.807, 2.05) is 0 Å². The molecule has 1 aromatic carbocycles. The molecular formula is C12H17ClFN. The van der Waals surface area contributed by atoms with Crippen LogP contribution in [0.3, 0.4) is 0 Å². The molecule has 0 fully saturated rings. The van der Waals surface area contributed by atoms with Crippen molar-refractivity contribution in [2.24, 2.45) is 5.92 Å². The van der Waals surface area contributed by atoms with Crippen molar-refractivity contribution in [3.8, 4) is 0 Å². The highest BCUT2D eigenvalue weighted by atomic mass is 35.5. The van der Waals surface area contributed by atoms with Crippen LogP contribution in [-0.4, -0.2) is 13.1 Å². The molecule has 0 saturated heterocycles. The Hall–Kier alpha value is -0.600. The highest BCUT2D eigenvalue weighted by Crippen LogP contribution is 2.17. The highest BCUT2D eigenvalue weighted by Gasteiger charge is 2.01. The number of hydrogen-bond acceptors (Lipinski definition) is 1. The van der Waals surface area contributed by atoms with Gasteiger partial charge in [-0.15, -0.1) is 0 Å². The molecule has 0 saturated carbocycles. The van der Waals surface area contributed by atoms with Gasteiger partial charge in [0.1, 0.15) is 5.82 Å². The number of nitrogens with one attached hydrogen (secondary N) is 1. The molecule has 1 nitrogen and oxygen atoms in total. The Balaban J connectivity index is 2.37. The van der Waals surface area contributed by atoms with E-state index in [4.69, 9.17) is 11.6 Å². The van der Waals surface area contributed by atoms with Gasteiger partial charge in [0.05, 0.1) is 0 Å². The van der Waals surface area contributed by atoms with Crippen LogP contribution in [-0.2, 0) is 6.42 Å². The van der Waals surface area contributed by atoms with E-state index in [2.05, 4.69) is 19.2 Å². The second-order valence-electron chi connectivity index (χ2n) is 4.08. The Morgan fingerprint density at radius 3 is 2.73 bits per heavy atom. The minimum atomic E-state index is -0.279. The normalized spacial score (nSPS) is 11.0. The van der Waals surface area contributed by atoms with Crippen molar-refractivity contribution >= 4 is 11.6 Å². The van der Waals surface area contributed by atoms with Crippen LogP contribution in [0.1, 0.15) is 19.4 Å². The third kappa shape index (κ3) is 4.63. The van der Waals surface area contributed by atoms with E-state index in [1.165, 1.54) is 12.1 Å². The molecule has 0 heterocycles. The van der Waals surface area contributed by atoms with Gasteiger partial charge in [-0.25, -0.2) is 4.39 Å². The average molecular weight is 230 g/mol. The average Bonchev–Trinajstić information content (AvgIpc) is 2.14. The molecule has 0 aliphatic heterocycles. The summed E-state index contributed by atoms with van der Waals surface area (Å²) in [5.74, 6) is 0.368. The summed E-state index contributed by atoms with van der Waals surface area (Å²) in [5.41, 5.74) is 0.995. The summed E-state index contributed by atoms with van der Waals surface area (Å²) < 4.78 is 12.7. The van der Waals surface area contributed by atoms with Gasteiger partial charge in [-0.2, -0.15) is 0 Å². The van der Waals surface area contributed by atoms with Crippen molar-refractivity contribution in [3.63, 3.8) is 0 Å². The first-order valence-corrected chi connectivity index (χ1v) is 5.62. The van der Waals surface area contributed by atoms with Gasteiger partial charge in [-0.1, -0.05) is 31.5 Å². The fraction of sp³-hybridized carbons (Fsp3) is 0.500. The van der Waals surface area contributed by atoms with E-state index < -0.39 is 0 Å². The van der Waals surface area contributed by atoms with Crippen molar-refractivity contribution in [3.05, 3.63) is 34.6 Å². The van der Waals surface area contributed by atoms with Crippen LogP contribution in [0, 0.1) is 11.7 Å². The van der Waals surface area contributed by atoms with Crippen LogP contribution >= 0.6 is 11.6 Å². The number of rotatable bonds is 5. The van der Waals surface area contributed by atoms with Crippen molar-refractivity contribution in [2.75, 3.05) is 13.1 Å². The Morgan fingerprint density at radius 2 is 2.13 bits per heavy atom. The van der Waals surface area contributed by atoms with Crippen LogP contribution in [0.5, 0.6) is 0 Å². The van der Waals surface area contributed by atoms with E-state index in [1.54, 1.807) is 6.07 Å². The molecule has 1 N–H and O–H groups in total. The summed E-state index contributed by atoms with van der Waals surface area (Å²) in [6.07, 6.45) is 0.839. The summed E-state index contributed by atoms with van der Waals surface area (Å²) in [4.78, 5) is 0. The molecule has 0 spiro atoms. The zero-order valence-corrected chi connectivity index (χ0v) is 9.94. The van der Waals surface area contributed by atoms with E-state index in [9.17, 15) is 4.39 Å². The third-order valence-electron chi connectivity index (χ3n) is 2.14. The van der Waals surface area contributed by atoms with Crippen molar-refractivity contribution < 1.29 is 4.39 Å². The Kier molecular flexibility index (Phi) is 5.06. The van der Waals surface area contributed by atoms with Gasteiger partial charge in [0.2, 0.25) is 0 Å². The molecule has 1 rings (SSSR count). The minimum absolute atomic E-state index is 0.279. The molecule has 0 aliphatic carbocycles. The first kappa shape index (κ1) is 12.5. The van der Waals surface area contributed by atoms with Crippen molar-refractivity contribution in [1.29, 1.82) is 0 Å². The van der Waals surface area contributed by atoms with E-state index in [0.29, 0.717) is 10.9 Å². The molecule has 15 heavy (non-hydrogen) atoms. The first-order chi connectivity index (χ1) is 7.09. The van der Waals surface area contributed by atoms with Gasteiger partial charge < -0.3 is 5.32 Å². The third-order valence-corrected chi connectivity index (χ3v) is 2.49. The molecule has 84 valence electrons. The highest BCUT2D eigenvalue weighted by molar-refractivity contribution is 6.31. The van der Waals surface area contributed by atoms with Gasteiger partial charge in [0, 0.05) is 5.02 Å². The predicted octanol–water partition coefficient (Wildman–Crippen LogP) is 3.27. The lowest BCUT2D eigenvalue weighted by atomic mass is 10.1. The molecular weight excluding hydrogens is 213 g/mol. The van der Waals surface area contributed by atoms with Gasteiger partial charge in [-0.3, -0.25) is 0 Å². The van der Waals surface area contributed by atoms with Crippen LogP contribution in [0.15, 0.2) is 18.2 Å². The maximum atomic E-state index is 12.7. The fourth-order valence-corrected chi connectivity index (χ4v) is 1.60. The summed E-state index contributed by atoms with van der Waals surface area (Å²) >= 11 is 5.90. The number of benzene rings is 1. The molecule has 1 aromatic rings. The van der Waals surface area contributed by atoms with Gasteiger partial charge in [0.25, 0.3) is 0 Å². The molecule has 0 aliphatic rings. The van der Waals surface area contributed by atoms with Crippen LogP contribution in [0.4, 0.5) is 4.39 Å². The van der Waals surface area contributed by atoms with Crippen molar-refractivity contribution in [2.45, 2.75) is 20.3 Å². The molecule has 0 bridgehead atoms. The summed E-state index contributed by atoms with van der Waals surface area (Å²) in [7, 11) is 0. The quantitative estimate of drug-likeness (QED) is 0.765. The minimum Gasteiger partial charge on any atom is -0.316 e. The zero-order chi connectivity index (χ0) is 11.3. The van der Waals surface area contributed by atoms with Gasteiger partial charge in [-0.05, 0) is 43.1 Å². The monoisotopic (exact) mass is 229 g/mol. The summed E-state index contributed by atoms with van der Waals surface area (Å²) in [5, 5.41) is 3.84. The van der Waals surface area contributed by atoms with Crippen molar-refractivity contribution in [1.82, 2.24) is 5.32 Å². The maximum Gasteiger partial charge on any atom is 0.124 e. The zero-order valence-electron chi connectivity index (χ0n) is 9.19. The standard InChI is InChI=1S/C12H17ClFN/c1-9(2)8-15-6-5-10-3-4-11(14)7-12(10)13/h3-4,7,9,15H,5-6,8H2,1-2H3. The number of hydrogen-bond donors (Lipinski definition) is 1. The Labute approximate surface area is 95.6 Å². The van der Waals surface area contributed by atoms with Crippen LogP contribution < -0.4 is 5.32 Å². The topological polar surface area (TPSA) is 12.0 Å². The molecule has 0 amide bonds. The molecule has 0 atom stereocenters. The largest absolute Gasteiger partial charge is 0.316 e. The molecule has 0 radical (unpaired) electrons. The number of halogens is 2. The molecule has 0 aromatic heterocycles.